The molecule has 0 aromatic heterocycles. The van der Waals surface area contributed by atoms with Crippen molar-refractivity contribution in [2.45, 2.75) is 33.6 Å². The van der Waals surface area contributed by atoms with Crippen LogP contribution in [0.25, 0.3) is 0 Å². The molecule has 0 bridgehead atoms. The minimum Gasteiger partial charge on any atom is -0.303 e. The van der Waals surface area contributed by atoms with E-state index in [-0.39, 0.29) is 5.41 Å². The van der Waals surface area contributed by atoms with Gasteiger partial charge in [0.05, 0.1) is 0 Å². The average molecular weight is 202 g/mol. The Morgan fingerprint density at radius 3 is 2.67 bits per heavy atom. The van der Waals surface area contributed by atoms with Crippen LogP contribution in [0.2, 0.25) is 0 Å². The van der Waals surface area contributed by atoms with Crippen LogP contribution in [0.4, 0.5) is 0 Å². The first-order valence-electron chi connectivity index (χ1n) is 5.58. The van der Waals surface area contributed by atoms with Gasteiger partial charge in [-0.25, -0.2) is 0 Å². The van der Waals surface area contributed by atoms with Crippen LogP contribution in [0.3, 0.4) is 0 Å². The number of rotatable bonds is 2. The zero-order valence-electron chi connectivity index (χ0n) is 9.71. The lowest BCUT2D eigenvalue weighted by molar-refractivity contribution is -0.116. The fourth-order valence-corrected chi connectivity index (χ4v) is 2.45. The van der Waals surface area contributed by atoms with E-state index in [1.807, 2.05) is 13.8 Å². The Balaban J connectivity index is 2.30. The summed E-state index contributed by atoms with van der Waals surface area (Å²) in [4.78, 5) is 11.0. The van der Waals surface area contributed by atoms with Crippen molar-refractivity contribution < 1.29 is 4.79 Å². The van der Waals surface area contributed by atoms with Gasteiger partial charge in [-0.15, -0.1) is 0 Å². The molecule has 0 radical (unpaired) electrons. The fraction of sp³-hybridized carbons (Fsp3) is 0.500. The minimum absolute atomic E-state index is 0.189. The van der Waals surface area contributed by atoms with Gasteiger partial charge in [-0.1, -0.05) is 32.0 Å². The highest BCUT2D eigenvalue weighted by atomic mass is 16.1. The Hall–Kier alpha value is -1.11. The number of fused-ring (bicyclic) bond motifs is 1. The van der Waals surface area contributed by atoms with Crippen molar-refractivity contribution in [1.82, 2.24) is 0 Å². The van der Waals surface area contributed by atoms with Gasteiger partial charge in [0, 0.05) is 5.41 Å². The summed E-state index contributed by atoms with van der Waals surface area (Å²) in [7, 11) is 0. The lowest BCUT2D eigenvalue weighted by Gasteiger charge is -2.24. The van der Waals surface area contributed by atoms with Crippen molar-refractivity contribution in [3.05, 3.63) is 34.9 Å². The maximum atomic E-state index is 11.0. The third-order valence-corrected chi connectivity index (χ3v) is 3.78. The second-order valence-corrected chi connectivity index (χ2v) is 5.26. The molecule has 1 unspecified atom stereocenters. The topological polar surface area (TPSA) is 17.1 Å². The number of aldehydes is 1. The molecule has 1 aliphatic carbocycles. The second-order valence-electron chi connectivity index (χ2n) is 5.26. The molecule has 1 atom stereocenters. The summed E-state index contributed by atoms with van der Waals surface area (Å²) in [5.74, 6) is 0.478. The van der Waals surface area contributed by atoms with E-state index in [4.69, 9.17) is 0 Å². The van der Waals surface area contributed by atoms with Crippen LogP contribution in [0.15, 0.2) is 18.2 Å². The third-order valence-electron chi connectivity index (χ3n) is 3.78. The Bertz CT molecular complexity index is 390. The SMILES string of the molecule is Cc1cccc2c1CC(C(C)(C)C=O)C2. The van der Waals surface area contributed by atoms with E-state index >= 15 is 0 Å². The maximum absolute atomic E-state index is 11.0. The highest BCUT2D eigenvalue weighted by Crippen LogP contribution is 2.38. The van der Waals surface area contributed by atoms with Gasteiger partial charge in [-0.3, -0.25) is 0 Å². The van der Waals surface area contributed by atoms with Crippen LogP contribution >= 0.6 is 0 Å². The molecule has 0 saturated carbocycles. The normalized spacial score (nSPS) is 20.1. The van der Waals surface area contributed by atoms with Gasteiger partial charge in [0.15, 0.2) is 0 Å². The summed E-state index contributed by atoms with van der Waals surface area (Å²) in [5.41, 5.74) is 4.09. The lowest BCUT2D eigenvalue weighted by atomic mass is 9.78. The standard InChI is InChI=1S/C14H18O/c1-10-5-4-6-11-7-12(8-13(10)11)14(2,3)9-15/h4-6,9,12H,7-8H2,1-3H3. The van der Waals surface area contributed by atoms with Gasteiger partial charge < -0.3 is 4.79 Å². The number of aryl methyl sites for hydroxylation is 1. The Morgan fingerprint density at radius 2 is 2.07 bits per heavy atom. The molecule has 0 fully saturated rings. The van der Waals surface area contributed by atoms with Gasteiger partial charge in [-0.05, 0) is 42.4 Å². The summed E-state index contributed by atoms with van der Waals surface area (Å²) in [6.45, 7) is 6.26. The summed E-state index contributed by atoms with van der Waals surface area (Å²) >= 11 is 0. The molecule has 80 valence electrons. The molecule has 1 nitrogen and oxygen atoms in total. The van der Waals surface area contributed by atoms with Crippen molar-refractivity contribution in [1.29, 1.82) is 0 Å². The van der Waals surface area contributed by atoms with Crippen molar-refractivity contribution >= 4 is 6.29 Å². The molecule has 2 rings (SSSR count). The van der Waals surface area contributed by atoms with E-state index in [2.05, 4.69) is 25.1 Å². The zero-order chi connectivity index (χ0) is 11.1. The molecule has 1 aliphatic rings. The van der Waals surface area contributed by atoms with Crippen LogP contribution in [-0.2, 0) is 17.6 Å². The van der Waals surface area contributed by atoms with Crippen LogP contribution in [0.1, 0.15) is 30.5 Å². The summed E-state index contributed by atoms with van der Waals surface area (Å²) < 4.78 is 0. The van der Waals surface area contributed by atoms with E-state index in [1.165, 1.54) is 16.7 Å². The fourth-order valence-electron chi connectivity index (χ4n) is 2.45. The molecule has 0 spiro atoms. The molecule has 1 aromatic carbocycles. The molecule has 15 heavy (non-hydrogen) atoms. The van der Waals surface area contributed by atoms with Gasteiger partial charge in [0.25, 0.3) is 0 Å². The molecule has 0 amide bonds. The van der Waals surface area contributed by atoms with Crippen molar-refractivity contribution in [2.75, 3.05) is 0 Å². The first kappa shape index (κ1) is 10.4. The summed E-state index contributed by atoms with van der Waals surface area (Å²) in [6.07, 6.45) is 3.23. The van der Waals surface area contributed by atoms with E-state index in [0.717, 1.165) is 19.1 Å². The van der Waals surface area contributed by atoms with Crippen LogP contribution < -0.4 is 0 Å². The molecule has 1 aromatic rings. The third kappa shape index (κ3) is 1.71. The highest BCUT2D eigenvalue weighted by Gasteiger charge is 2.34. The van der Waals surface area contributed by atoms with E-state index in [9.17, 15) is 4.79 Å². The van der Waals surface area contributed by atoms with Crippen molar-refractivity contribution in [3.8, 4) is 0 Å². The average Bonchev–Trinajstić information content (AvgIpc) is 2.64. The lowest BCUT2D eigenvalue weighted by Crippen LogP contribution is -2.25. The van der Waals surface area contributed by atoms with Crippen LogP contribution in [0, 0.1) is 18.3 Å². The van der Waals surface area contributed by atoms with Crippen LogP contribution in [-0.4, -0.2) is 6.29 Å². The van der Waals surface area contributed by atoms with E-state index < -0.39 is 0 Å². The van der Waals surface area contributed by atoms with Gasteiger partial charge in [0.1, 0.15) is 6.29 Å². The summed E-state index contributed by atoms with van der Waals surface area (Å²) in [6, 6.07) is 6.47. The second kappa shape index (κ2) is 3.48. The Labute approximate surface area is 91.5 Å². The Kier molecular flexibility index (Phi) is 2.41. The van der Waals surface area contributed by atoms with Crippen molar-refractivity contribution in [2.24, 2.45) is 11.3 Å². The summed E-state index contributed by atoms with van der Waals surface area (Å²) in [5, 5.41) is 0. The van der Waals surface area contributed by atoms with Crippen LogP contribution in [0.5, 0.6) is 0 Å². The number of carbonyl (C=O) groups is 1. The number of carbonyl (C=O) groups excluding carboxylic acids is 1. The molecule has 1 heteroatoms. The molecule has 0 heterocycles. The zero-order valence-corrected chi connectivity index (χ0v) is 9.71. The molecular weight excluding hydrogens is 184 g/mol. The van der Waals surface area contributed by atoms with Gasteiger partial charge in [-0.2, -0.15) is 0 Å². The molecule has 0 N–H and O–H groups in total. The van der Waals surface area contributed by atoms with E-state index in [0.29, 0.717) is 5.92 Å². The van der Waals surface area contributed by atoms with Gasteiger partial charge in [0.2, 0.25) is 0 Å². The molecule has 0 aliphatic heterocycles. The monoisotopic (exact) mass is 202 g/mol. The quantitative estimate of drug-likeness (QED) is 0.674. The number of hydrogen-bond donors (Lipinski definition) is 0. The largest absolute Gasteiger partial charge is 0.303 e. The first-order chi connectivity index (χ1) is 7.04. The van der Waals surface area contributed by atoms with E-state index in [1.54, 1.807) is 0 Å². The predicted octanol–water partition coefficient (Wildman–Crippen LogP) is 2.93. The molecule has 0 saturated heterocycles. The minimum atomic E-state index is -0.189. The first-order valence-corrected chi connectivity index (χ1v) is 5.58. The van der Waals surface area contributed by atoms with Gasteiger partial charge >= 0.3 is 0 Å². The smallest absolute Gasteiger partial charge is 0.125 e. The van der Waals surface area contributed by atoms with Crippen molar-refractivity contribution in [3.63, 3.8) is 0 Å². The number of hydrogen-bond acceptors (Lipinski definition) is 1. The Morgan fingerprint density at radius 1 is 1.33 bits per heavy atom. The predicted molar refractivity (Wildman–Crippen MR) is 61.9 cm³/mol. The highest BCUT2D eigenvalue weighted by molar-refractivity contribution is 5.59. The number of benzene rings is 1. The molecular formula is C14H18O. The maximum Gasteiger partial charge on any atom is 0.125 e.